The maximum Gasteiger partial charge on any atom is 0.737 e. The summed E-state index contributed by atoms with van der Waals surface area (Å²) < 4.78 is 76.5. The molecule has 0 spiro atoms. The number of rotatable bonds is 29. The van der Waals surface area contributed by atoms with Gasteiger partial charge in [-0.1, -0.05) is 0 Å². The van der Waals surface area contributed by atoms with Gasteiger partial charge in [-0.2, -0.15) is 0 Å². The van der Waals surface area contributed by atoms with Gasteiger partial charge in [0.1, 0.15) is 5.71 Å². The minimum atomic E-state index is -4.02. The molecule has 0 bridgehead atoms. The van der Waals surface area contributed by atoms with Crippen molar-refractivity contribution in [1.82, 2.24) is 9.79 Å². The normalized spacial score (nSPS) is 14.8. The zero-order chi connectivity index (χ0) is 34.5. The maximum atomic E-state index is 15.5. The molecule has 1 aromatic rings. The zero-order valence-electron chi connectivity index (χ0n) is 28.4. The minimum absolute atomic E-state index is 0.106. The standard InChI is InChI=1S/C32H53BF2N4O9/c1-27-25-28(2)38-31(27)26-30-4-3-29(39(30)33(38,34)35)5-6-32(40)37-8-10-42-12-14-44-16-18-46-20-22-48-24-23-47-21-19-45-17-15-43-13-11-41-9-7-36/h3-4,25-26H,5-24,36H2,1-2H3,(H,37,40). The number of hydrogen-bond acceptors (Lipinski definition) is 10. The Bertz CT molecular complexity index is 1200. The van der Waals surface area contributed by atoms with Crippen LogP contribution >= 0.6 is 0 Å². The number of hydrogen-bond donors (Lipinski definition) is 2. The van der Waals surface area contributed by atoms with E-state index in [2.05, 4.69) is 5.32 Å². The SMILES string of the molecule is Cc1cc(C)n2c1C=C1C=CC(CCC(=O)NCCOCCOCCOCCOCCOCCOCCOCCOCCN)=[N+]1[B-]2(F)F. The van der Waals surface area contributed by atoms with E-state index in [-0.39, 0.29) is 18.7 Å². The molecule has 48 heavy (non-hydrogen) atoms. The third kappa shape index (κ3) is 13.8. The van der Waals surface area contributed by atoms with Crippen molar-refractivity contribution < 1.29 is 55.8 Å². The third-order valence-corrected chi connectivity index (χ3v) is 7.45. The number of nitrogens with one attached hydrogen (secondary N) is 1. The van der Waals surface area contributed by atoms with Crippen molar-refractivity contribution in [3.8, 4) is 0 Å². The van der Waals surface area contributed by atoms with Crippen molar-refractivity contribution >= 4 is 24.7 Å². The Morgan fingerprint density at radius 3 is 1.69 bits per heavy atom. The first-order valence-corrected chi connectivity index (χ1v) is 16.7. The first-order chi connectivity index (χ1) is 23.4. The summed E-state index contributed by atoms with van der Waals surface area (Å²) in [7, 11) is 0. The van der Waals surface area contributed by atoms with Crippen molar-refractivity contribution in [3.63, 3.8) is 0 Å². The highest BCUT2D eigenvalue weighted by Gasteiger charge is 2.52. The maximum absolute atomic E-state index is 15.5. The quantitative estimate of drug-likeness (QED) is 0.0947. The molecule has 0 aromatic carbocycles. The molecule has 3 rings (SSSR count). The van der Waals surface area contributed by atoms with Gasteiger partial charge in [-0.05, 0) is 31.2 Å². The summed E-state index contributed by atoms with van der Waals surface area (Å²) in [6.07, 6.45) is 5.46. The van der Waals surface area contributed by atoms with Crippen LogP contribution in [0, 0.1) is 13.8 Å². The largest absolute Gasteiger partial charge is 0.737 e. The Morgan fingerprint density at radius 1 is 0.750 bits per heavy atom. The number of carbonyl (C=O) groups is 1. The number of fused-ring (bicyclic) bond motifs is 2. The molecule has 0 saturated heterocycles. The summed E-state index contributed by atoms with van der Waals surface area (Å²) in [5.74, 6) is -0.215. The van der Waals surface area contributed by atoms with Gasteiger partial charge < -0.3 is 66.5 Å². The molecule has 0 aliphatic carbocycles. The fraction of sp³-hybridized carbons (Fsp3) is 0.688. The number of allylic oxidation sites excluding steroid dienone is 2. The summed E-state index contributed by atoms with van der Waals surface area (Å²) in [6.45, 7) is 7.84. The van der Waals surface area contributed by atoms with Gasteiger partial charge in [0, 0.05) is 49.9 Å². The summed E-state index contributed by atoms with van der Waals surface area (Å²) in [5, 5.41) is 2.78. The number of amides is 1. The molecule has 0 fully saturated rings. The van der Waals surface area contributed by atoms with E-state index < -0.39 is 6.97 Å². The molecular weight excluding hydrogens is 633 g/mol. The molecule has 16 heteroatoms. The van der Waals surface area contributed by atoms with Crippen LogP contribution in [0.2, 0.25) is 0 Å². The number of nitrogens with two attached hydrogens (primary N) is 1. The Labute approximate surface area is 282 Å². The van der Waals surface area contributed by atoms with E-state index in [1.807, 2.05) is 6.92 Å². The smallest absolute Gasteiger partial charge is 0.394 e. The van der Waals surface area contributed by atoms with Gasteiger partial charge in [-0.25, -0.2) is 0 Å². The summed E-state index contributed by atoms with van der Waals surface area (Å²) in [5.41, 5.74) is 8.09. The molecule has 3 heterocycles. The highest BCUT2D eigenvalue weighted by atomic mass is 19.2. The van der Waals surface area contributed by atoms with Gasteiger partial charge in [0.2, 0.25) is 5.91 Å². The van der Waals surface area contributed by atoms with Crippen LogP contribution in [0.4, 0.5) is 8.63 Å². The number of aromatic nitrogens is 1. The predicted molar refractivity (Wildman–Crippen MR) is 178 cm³/mol. The first kappa shape index (κ1) is 39.9. The zero-order valence-corrected chi connectivity index (χ0v) is 28.4. The third-order valence-electron chi connectivity index (χ3n) is 7.45. The number of nitrogens with zero attached hydrogens (tertiary/aromatic N) is 2. The second kappa shape index (κ2) is 23.0. The molecule has 2 aliphatic rings. The molecule has 0 radical (unpaired) electrons. The summed E-state index contributed by atoms with van der Waals surface area (Å²) in [4.78, 5) is 12.3. The lowest BCUT2D eigenvalue weighted by Gasteiger charge is -2.30. The van der Waals surface area contributed by atoms with Crippen molar-refractivity contribution in [2.24, 2.45) is 5.73 Å². The topological polar surface area (TPSA) is 137 Å². The van der Waals surface area contributed by atoms with Crippen molar-refractivity contribution in [2.45, 2.75) is 26.7 Å². The summed E-state index contributed by atoms with van der Waals surface area (Å²) in [6, 6.07) is 1.77. The molecule has 3 N–H and O–H groups in total. The lowest BCUT2D eigenvalue weighted by Crippen LogP contribution is -2.50. The molecule has 13 nitrogen and oxygen atoms in total. The molecular formula is C32H53BF2N4O9. The van der Waals surface area contributed by atoms with Crippen LogP contribution in [0.15, 0.2) is 23.9 Å². The molecule has 0 saturated carbocycles. The Morgan fingerprint density at radius 2 is 1.21 bits per heavy atom. The van der Waals surface area contributed by atoms with Crippen LogP contribution in [0.3, 0.4) is 0 Å². The van der Waals surface area contributed by atoms with Gasteiger partial charge in [0.15, 0.2) is 5.70 Å². The van der Waals surface area contributed by atoms with Gasteiger partial charge in [0.05, 0.1) is 106 Å². The second-order valence-corrected chi connectivity index (χ2v) is 11.1. The van der Waals surface area contributed by atoms with E-state index in [0.29, 0.717) is 142 Å². The van der Waals surface area contributed by atoms with Crippen LogP contribution in [0.1, 0.15) is 29.8 Å². The van der Waals surface area contributed by atoms with Crippen molar-refractivity contribution in [2.75, 3.05) is 119 Å². The Kier molecular flexibility index (Phi) is 19.1. The summed E-state index contributed by atoms with van der Waals surface area (Å²) >= 11 is 0. The average molecular weight is 687 g/mol. The predicted octanol–water partition coefficient (Wildman–Crippen LogP) is 1.69. The highest BCUT2D eigenvalue weighted by molar-refractivity contribution is 6.58. The van der Waals surface area contributed by atoms with Gasteiger partial charge in [0.25, 0.3) is 0 Å². The van der Waals surface area contributed by atoms with E-state index >= 15 is 8.63 Å². The van der Waals surface area contributed by atoms with Crippen molar-refractivity contribution in [1.29, 1.82) is 0 Å². The Hall–Kier alpha value is -2.54. The molecule has 0 unspecified atom stereocenters. The first-order valence-electron chi connectivity index (χ1n) is 16.7. The lowest BCUT2D eigenvalue weighted by atomic mass is 9.90. The number of carbonyl (C=O) groups excluding carboxylic acids is 1. The number of halogens is 2. The fourth-order valence-corrected chi connectivity index (χ4v) is 5.21. The van der Waals surface area contributed by atoms with E-state index in [9.17, 15) is 4.79 Å². The average Bonchev–Trinajstić information content (AvgIpc) is 3.62. The van der Waals surface area contributed by atoms with Crippen LogP contribution in [-0.2, 0) is 42.7 Å². The van der Waals surface area contributed by atoms with E-state index in [1.54, 1.807) is 31.2 Å². The van der Waals surface area contributed by atoms with Crippen LogP contribution in [0.5, 0.6) is 0 Å². The van der Waals surface area contributed by atoms with Gasteiger partial charge in [-0.3, -0.25) is 4.79 Å². The van der Waals surface area contributed by atoms with E-state index in [1.165, 1.54) is 0 Å². The van der Waals surface area contributed by atoms with E-state index in [0.717, 1.165) is 14.5 Å². The molecule has 272 valence electrons. The molecule has 2 aliphatic heterocycles. The second-order valence-electron chi connectivity index (χ2n) is 11.1. The fourth-order valence-electron chi connectivity index (χ4n) is 5.21. The van der Waals surface area contributed by atoms with Gasteiger partial charge in [-0.15, -0.1) is 0 Å². The number of ether oxygens (including phenoxy) is 8. The van der Waals surface area contributed by atoms with E-state index in [4.69, 9.17) is 43.6 Å². The highest BCUT2D eigenvalue weighted by Crippen LogP contribution is 2.34. The number of aryl methyl sites for hydroxylation is 2. The van der Waals surface area contributed by atoms with Crippen LogP contribution in [0.25, 0.3) is 6.08 Å². The molecule has 1 amide bonds. The van der Waals surface area contributed by atoms with Crippen LogP contribution < -0.4 is 11.1 Å². The monoisotopic (exact) mass is 686 g/mol. The van der Waals surface area contributed by atoms with Gasteiger partial charge >= 0.3 is 6.97 Å². The van der Waals surface area contributed by atoms with Crippen LogP contribution in [-0.4, -0.2) is 146 Å². The Balaban J connectivity index is 1.06. The molecule has 1 aromatic heterocycles. The minimum Gasteiger partial charge on any atom is -0.394 e. The van der Waals surface area contributed by atoms with Crippen molar-refractivity contribution in [3.05, 3.63) is 40.9 Å². The lowest BCUT2D eigenvalue weighted by molar-refractivity contribution is -0.362. The molecule has 0 atom stereocenters.